The predicted octanol–water partition coefficient (Wildman–Crippen LogP) is 3.23. The Morgan fingerprint density at radius 2 is 2.27 bits per heavy atom. The Kier molecular flexibility index (Phi) is 5.11. The first-order valence-electron chi connectivity index (χ1n) is 8.29. The highest BCUT2D eigenvalue weighted by atomic mass is 19.1. The molecule has 2 fully saturated rings. The summed E-state index contributed by atoms with van der Waals surface area (Å²) < 4.78 is 25.2. The van der Waals surface area contributed by atoms with E-state index >= 15 is 0 Å². The topological polar surface area (TPSA) is 21.7 Å². The van der Waals surface area contributed by atoms with E-state index < -0.39 is 0 Å². The number of hydrogen-bond acceptors (Lipinski definition) is 3. The molecule has 0 aliphatic carbocycles. The largest absolute Gasteiger partial charge is 0.385 e. The Balaban J connectivity index is 1.59. The molecule has 0 aromatic heterocycles. The summed E-state index contributed by atoms with van der Waals surface area (Å²) in [6, 6.07) is 7.08. The molecular weight excluding hydrogens is 281 g/mol. The highest BCUT2D eigenvalue weighted by Crippen LogP contribution is 2.39. The normalized spacial score (nSPS) is 29.3. The van der Waals surface area contributed by atoms with Crippen molar-refractivity contribution in [2.45, 2.75) is 37.8 Å². The number of ether oxygens (including phenoxy) is 2. The van der Waals surface area contributed by atoms with Crippen molar-refractivity contribution in [3.05, 3.63) is 35.6 Å². The fraction of sp³-hybridized carbons (Fsp3) is 0.667. The number of benzene rings is 1. The van der Waals surface area contributed by atoms with Gasteiger partial charge >= 0.3 is 0 Å². The second-order valence-electron chi connectivity index (χ2n) is 6.75. The molecule has 2 aliphatic heterocycles. The lowest BCUT2D eigenvalue weighted by molar-refractivity contribution is -0.0537. The van der Waals surface area contributed by atoms with Gasteiger partial charge in [-0.1, -0.05) is 18.2 Å². The first kappa shape index (κ1) is 15.9. The Hall–Kier alpha value is -0.970. The molecule has 4 heteroatoms. The molecule has 2 unspecified atom stereocenters. The van der Waals surface area contributed by atoms with E-state index in [0.29, 0.717) is 12.5 Å². The molecule has 0 saturated carbocycles. The van der Waals surface area contributed by atoms with Crippen LogP contribution in [0.1, 0.15) is 31.2 Å². The Labute approximate surface area is 132 Å². The molecular formula is C18H26FNO2. The van der Waals surface area contributed by atoms with Crippen LogP contribution in [-0.2, 0) is 16.0 Å². The van der Waals surface area contributed by atoms with Crippen LogP contribution in [0.2, 0.25) is 0 Å². The molecule has 122 valence electrons. The Bertz CT molecular complexity index is 496. The Morgan fingerprint density at radius 3 is 3.09 bits per heavy atom. The van der Waals surface area contributed by atoms with Gasteiger partial charge in [0.15, 0.2) is 0 Å². The second-order valence-corrected chi connectivity index (χ2v) is 6.75. The minimum absolute atomic E-state index is 0.0120. The summed E-state index contributed by atoms with van der Waals surface area (Å²) in [6.07, 6.45) is 4.45. The third kappa shape index (κ3) is 3.67. The van der Waals surface area contributed by atoms with Crippen LogP contribution in [0.3, 0.4) is 0 Å². The number of halogens is 1. The van der Waals surface area contributed by atoms with Crippen molar-refractivity contribution in [3.63, 3.8) is 0 Å². The Morgan fingerprint density at radius 1 is 1.41 bits per heavy atom. The summed E-state index contributed by atoms with van der Waals surface area (Å²) in [6.45, 7) is 4.29. The van der Waals surface area contributed by atoms with Crippen molar-refractivity contribution in [1.82, 2.24) is 4.90 Å². The van der Waals surface area contributed by atoms with Crippen LogP contribution in [0, 0.1) is 11.7 Å². The van der Waals surface area contributed by atoms with Crippen LogP contribution in [0.5, 0.6) is 0 Å². The van der Waals surface area contributed by atoms with E-state index in [-0.39, 0.29) is 11.4 Å². The van der Waals surface area contributed by atoms with Crippen molar-refractivity contribution in [1.29, 1.82) is 0 Å². The second kappa shape index (κ2) is 7.07. The van der Waals surface area contributed by atoms with Crippen molar-refractivity contribution in [2.75, 3.05) is 33.4 Å². The minimum atomic E-state index is -0.104. The molecule has 1 aromatic carbocycles. The van der Waals surface area contributed by atoms with Crippen LogP contribution in [0.15, 0.2) is 24.3 Å². The maximum atomic E-state index is 13.8. The lowest BCUT2D eigenvalue weighted by Crippen LogP contribution is -2.47. The zero-order valence-electron chi connectivity index (χ0n) is 13.4. The average molecular weight is 307 g/mol. The van der Waals surface area contributed by atoms with Gasteiger partial charge in [0.1, 0.15) is 5.82 Å². The molecule has 2 heterocycles. The summed E-state index contributed by atoms with van der Waals surface area (Å²) in [5.74, 6) is 0.501. The molecule has 2 saturated heterocycles. The molecule has 1 aromatic rings. The van der Waals surface area contributed by atoms with Gasteiger partial charge in [-0.05, 0) is 44.2 Å². The average Bonchev–Trinajstić information content (AvgIpc) is 2.90. The number of methoxy groups -OCH3 is 1. The van der Waals surface area contributed by atoms with E-state index in [9.17, 15) is 4.39 Å². The van der Waals surface area contributed by atoms with E-state index in [1.165, 1.54) is 0 Å². The molecule has 3 nitrogen and oxygen atoms in total. The van der Waals surface area contributed by atoms with Gasteiger partial charge in [-0.25, -0.2) is 4.39 Å². The monoisotopic (exact) mass is 307 g/mol. The third-order valence-electron chi connectivity index (χ3n) is 4.99. The SMILES string of the molecule is COCCC1COC2(CCCN(Cc3ccccc3F)C2)C1. The van der Waals surface area contributed by atoms with E-state index in [4.69, 9.17) is 9.47 Å². The maximum Gasteiger partial charge on any atom is 0.127 e. The number of hydrogen-bond donors (Lipinski definition) is 0. The summed E-state index contributed by atoms with van der Waals surface area (Å²) in [7, 11) is 1.75. The quantitative estimate of drug-likeness (QED) is 0.833. The lowest BCUT2D eigenvalue weighted by atomic mass is 9.85. The van der Waals surface area contributed by atoms with E-state index in [2.05, 4.69) is 4.90 Å². The highest BCUT2D eigenvalue weighted by Gasteiger charge is 2.43. The van der Waals surface area contributed by atoms with Gasteiger partial charge in [0.25, 0.3) is 0 Å². The van der Waals surface area contributed by atoms with Crippen LogP contribution in [-0.4, -0.2) is 43.9 Å². The first-order valence-corrected chi connectivity index (χ1v) is 8.29. The minimum Gasteiger partial charge on any atom is -0.385 e. The predicted molar refractivity (Wildman–Crippen MR) is 84.2 cm³/mol. The number of likely N-dealkylation sites (tertiary alicyclic amines) is 1. The zero-order valence-corrected chi connectivity index (χ0v) is 13.4. The number of piperidine rings is 1. The van der Waals surface area contributed by atoms with Gasteiger partial charge < -0.3 is 9.47 Å². The van der Waals surface area contributed by atoms with Gasteiger partial charge in [0, 0.05) is 32.4 Å². The number of rotatable bonds is 5. The summed E-state index contributed by atoms with van der Waals surface area (Å²) in [5.41, 5.74) is 0.774. The van der Waals surface area contributed by atoms with Crippen LogP contribution >= 0.6 is 0 Å². The number of nitrogens with zero attached hydrogens (tertiary/aromatic N) is 1. The van der Waals surface area contributed by atoms with Crippen molar-refractivity contribution in [3.8, 4) is 0 Å². The van der Waals surface area contributed by atoms with E-state index in [0.717, 1.165) is 57.6 Å². The van der Waals surface area contributed by atoms with Gasteiger partial charge in [-0.15, -0.1) is 0 Å². The molecule has 2 aliphatic rings. The smallest absolute Gasteiger partial charge is 0.127 e. The summed E-state index contributed by atoms with van der Waals surface area (Å²) >= 11 is 0. The van der Waals surface area contributed by atoms with Gasteiger partial charge in [-0.2, -0.15) is 0 Å². The van der Waals surface area contributed by atoms with Gasteiger partial charge in [0.05, 0.1) is 12.2 Å². The highest BCUT2D eigenvalue weighted by molar-refractivity contribution is 5.17. The van der Waals surface area contributed by atoms with E-state index in [1.54, 1.807) is 19.2 Å². The molecule has 0 bridgehead atoms. The molecule has 0 amide bonds. The third-order valence-corrected chi connectivity index (χ3v) is 4.99. The van der Waals surface area contributed by atoms with Crippen LogP contribution in [0.4, 0.5) is 4.39 Å². The first-order chi connectivity index (χ1) is 10.7. The molecule has 2 atom stereocenters. The fourth-order valence-electron chi connectivity index (χ4n) is 3.89. The van der Waals surface area contributed by atoms with Crippen LogP contribution < -0.4 is 0 Å². The van der Waals surface area contributed by atoms with E-state index in [1.807, 2.05) is 12.1 Å². The standard InChI is InChI=1S/C18H26FNO2/c1-21-10-7-15-11-18(22-13-15)8-4-9-20(14-18)12-16-5-2-3-6-17(16)19/h2-3,5-6,15H,4,7-14H2,1H3. The lowest BCUT2D eigenvalue weighted by Gasteiger charge is -2.40. The molecule has 0 radical (unpaired) electrons. The van der Waals surface area contributed by atoms with Crippen molar-refractivity contribution in [2.24, 2.45) is 5.92 Å². The van der Waals surface area contributed by atoms with Crippen molar-refractivity contribution < 1.29 is 13.9 Å². The van der Waals surface area contributed by atoms with Gasteiger partial charge in [0.2, 0.25) is 0 Å². The summed E-state index contributed by atoms with van der Waals surface area (Å²) in [5, 5.41) is 0. The summed E-state index contributed by atoms with van der Waals surface area (Å²) in [4.78, 5) is 2.35. The fourth-order valence-corrected chi connectivity index (χ4v) is 3.89. The van der Waals surface area contributed by atoms with Crippen LogP contribution in [0.25, 0.3) is 0 Å². The molecule has 22 heavy (non-hydrogen) atoms. The van der Waals surface area contributed by atoms with Gasteiger partial charge in [-0.3, -0.25) is 4.90 Å². The zero-order chi connectivity index (χ0) is 15.4. The van der Waals surface area contributed by atoms with Crippen molar-refractivity contribution >= 4 is 0 Å². The molecule has 0 N–H and O–H groups in total. The molecule has 1 spiro atoms. The maximum absolute atomic E-state index is 13.8. The molecule has 3 rings (SSSR count).